The minimum atomic E-state index is -0.594. The molecule has 14 heavy (non-hydrogen) atoms. The van der Waals surface area contributed by atoms with Crippen LogP contribution in [0.1, 0.15) is 12.6 Å². The van der Waals surface area contributed by atoms with Crippen LogP contribution in [0.15, 0.2) is 6.20 Å². The van der Waals surface area contributed by atoms with Crippen LogP contribution in [0.4, 0.5) is 0 Å². The second-order valence-corrected chi connectivity index (χ2v) is 2.90. The van der Waals surface area contributed by atoms with E-state index in [1.54, 1.807) is 6.20 Å². The predicted molar refractivity (Wildman–Crippen MR) is 48.4 cm³/mol. The van der Waals surface area contributed by atoms with Crippen molar-refractivity contribution < 1.29 is 14.9 Å². The minimum absolute atomic E-state index is 0.137. The number of ether oxygens (including phenoxy) is 1. The number of aliphatic hydroxyl groups is 2. The lowest BCUT2D eigenvalue weighted by Crippen LogP contribution is -2.22. The molecule has 80 valence electrons. The Hall–Kier alpha value is -0.980. The van der Waals surface area contributed by atoms with Crippen molar-refractivity contribution in [1.29, 1.82) is 0 Å². The molecular weight excluding hydrogens is 186 g/mol. The van der Waals surface area contributed by atoms with Crippen molar-refractivity contribution >= 4 is 0 Å². The Morgan fingerprint density at radius 1 is 1.64 bits per heavy atom. The highest BCUT2D eigenvalue weighted by Gasteiger charge is 2.06. The Morgan fingerprint density at radius 2 is 2.43 bits per heavy atom. The summed E-state index contributed by atoms with van der Waals surface area (Å²) in [4.78, 5) is 0. The summed E-state index contributed by atoms with van der Waals surface area (Å²) in [7, 11) is 0. The number of hydrogen-bond donors (Lipinski definition) is 2. The van der Waals surface area contributed by atoms with Gasteiger partial charge in [-0.3, -0.25) is 0 Å². The molecule has 0 aliphatic heterocycles. The maximum absolute atomic E-state index is 9.44. The van der Waals surface area contributed by atoms with E-state index in [0.29, 0.717) is 18.8 Å². The molecule has 6 nitrogen and oxygen atoms in total. The third kappa shape index (κ3) is 3.41. The molecule has 0 radical (unpaired) electrons. The van der Waals surface area contributed by atoms with Gasteiger partial charge < -0.3 is 14.9 Å². The predicted octanol–water partition coefficient (Wildman–Crippen LogP) is -0.832. The van der Waals surface area contributed by atoms with Crippen LogP contribution in [0.25, 0.3) is 0 Å². The first-order valence-electron chi connectivity index (χ1n) is 4.52. The third-order valence-electron chi connectivity index (χ3n) is 1.66. The molecule has 0 aromatic carbocycles. The van der Waals surface area contributed by atoms with Gasteiger partial charge in [0.05, 0.1) is 32.1 Å². The van der Waals surface area contributed by atoms with Crippen LogP contribution >= 0.6 is 0 Å². The topological polar surface area (TPSA) is 80.4 Å². The number of nitrogens with zero attached hydrogens (tertiary/aromatic N) is 3. The summed E-state index contributed by atoms with van der Waals surface area (Å²) in [5, 5.41) is 25.6. The largest absolute Gasteiger partial charge is 0.390 e. The lowest BCUT2D eigenvalue weighted by molar-refractivity contribution is 0.0313. The second-order valence-electron chi connectivity index (χ2n) is 2.90. The van der Waals surface area contributed by atoms with Gasteiger partial charge >= 0.3 is 0 Å². The van der Waals surface area contributed by atoms with E-state index in [1.165, 1.54) is 4.68 Å². The van der Waals surface area contributed by atoms with Gasteiger partial charge in [-0.05, 0) is 6.92 Å². The van der Waals surface area contributed by atoms with Crippen LogP contribution in [0.5, 0.6) is 0 Å². The number of rotatable bonds is 6. The molecule has 6 heteroatoms. The van der Waals surface area contributed by atoms with Gasteiger partial charge in [-0.2, -0.15) is 0 Å². The Bertz CT molecular complexity index is 264. The summed E-state index contributed by atoms with van der Waals surface area (Å²) < 4.78 is 6.52. The van der Waals surface area contributed by atoms with Gasteiger partial charge in [0, 0.05) is 6.61 Å². The van der Waals surface area contributed by atoms with Crippen molar-refractivity contribution in [2.45, 2.75) is 26.2 Å². The van der Waals surface area contributed by atoms with E-state index in [9.17, 15) is 5.11 Å². The summed E-state index contributed by atoms with van der Waals surface area (Å²) in [6, 6.07) is 0. The van der Waals surface area contributed by atoms with E-state index >= 15 is 0 Å². The molecule has 0 saturated carbocycles. The summed E-state index contributed by atoms with van der Waals surface area (Å²) in [6.07, 6.45) is 0.998. The van der Waals surface area contributed by atoms with Crippen molar-refractivity contribution in [3.63, 3.8) is 0 Å². The van der Waals surface area contributed by atoms with Crippen LogP contribution in [-0.2, 0) is 17.9 Å². The molecule has 0 saturated heterocycles. The molecule has 0 aliphatic rings. The highest BCUT2D eigenvalue weighted by Crippen LogP contribution is 1.95. The first kappa shape index (κ1) is 11.1. The number of hydrogen-bond acceptors (Lipinski definition) is 5. The molecule has 0 amide bonds. The van der Waals surface area contributed by atoms with Crippen molar-refractivity contribution in [1.82, 2.24) is 15.0 Å². The summed E-state index contributed by atoms with van der Waals surface area (Å²) in [6.45, 7) is 2.92. The molecule has 1 atom stereocenters. The number of aromatic nitrogens is 3. The van der Waals surface area contributed by atoms with E-state index in [0.717, 1.165) is 0 Å². The van der Waals surface area contributed by atoms with Gasteiger partial charge in [-0.15, -0.1) is 5.10 Å². The van der Waals surface area contributed by atoms with Crippen molar-refractivity contribution in [2.24, 2.45) is 0 Å². The van der Waals surface area contributed by atoms with Gasteiger partial charge in [0.25, 0.3) is 0 Å². The summed E-state index contributed by atoms with van der Waals surface area (Å²) >= 11 is 0. The van der Waals surface area contributed by atoms with Gasteiger partial charge in [-0.25, -0.2) is 4.68 Å². The summed E-state index contributed by atoms with van der Waals surface area (Å²) in [5.41, 5.74) is 0.494. The highest BCUT2D eigenvalue weighted by atomic mass is 16.5. The van der Waals surface area contributed by atoms with E-state index in [1.807, 2.05) is 6.92 Å². The van der Waals surface area contributed by atoms with Gasteiger partial charge in [0.15, 0.2) is 0 Å². The fraction of sp³-hybridized carbons (Fsp3) is 0.750. The molecule has 0 spiro atoms. The Balaban J connectivity index is 2.35. The molecular formula is C8H15N3O3. The van der Waals surface area contributed by atoms with E-state index < -0.39 is 6.10 Å². The van der Waals surface area contributed by atoms with Crippen LogP contribution < -0.4 is 0 Å². The molecule has 0 bridgehead atoms. The lowest BCUT2D eigenvalue weighted by Gasteiger charge is -2.09. The van der Waals surface area contributed by atoms with Gasteiger partial charge in [0.1, 0.15) is 5.69 Å². The average molecular weight is 201 g/mol. The van der Waals surface area contributed by atoms with E-state index in [4.69, 9.17) is 9.84 Å². The lowest BCUT2D eigenvalue weighted by atomic mass is 10.4. The molecule has 1 rings (SSSR count). The Labute approximate surface area is 82.1 Å². The summed E-state index contributed by atoms with van der Waals surface area (Å²) in [5.74, 6) is 0. The normalized spacial score (nSPS) is 13.1. The van der Waals surface area contributed by atoms with Gasteiger partial charge in [0.2, 0.25) is 0 Å². The molecule has 0 aliphatic carbocycles. The molecule has 1 unspecified atom stereocenters. The first-order valence-corrected chi connectivity index (χ1v) is 4.52. The number of aliphatic hydroxyl groups excluding tert-OH is 2. The van der Waals surface area contributed by atoms with Crippen LogP contribution in [-0.4, -0.2) is 44.5 Å². The maximum Gasteiger partial charge on any atom is 0.108 e. The van der Waals surface area contributed by atoms with Crippen LogP contribution in [0, 0.1) is 0 Å². The van der Waals surface area contributed by atoms with Crippen molar-refractivity contribution in [3.8, 4) is 0 Å². The molecule has 2 N–H and O–H groups in total. The Kier molecular flexibility index (Phi) is 4.51. The third-order valence-corrected chi connectivity index (χ3v) is 1.66. The maximum atomic E-state index is 9.44. The average Bonchev–Trinajstić information content (AvgIpc) is 2.62. The van der Waals surface area contributed by atoms with E-state index in [2.05, 4.69) is 10.3 Å². The first-order chi connectivity index (χ1) is 6.76. The molecule has 1 aromatic rings. The fourth-order valence-electron chi connectivity index (χ4n) is 1.02. The molecule has 1 aromatic heterocycles. The minimum Gasteiger partial charge on any atom is -0.390 e. The van der Waals surface area contributed by atoms with Crippen LogP contribution in [0.3, 0.4) is 0 Å². The molecule has 1 heterocycles. The molecule has 0 fully saturated rings. The fourth-order valence-corrected chi connectivity index (χ4v) is 1.02. The highest BCUT2D eigenvalue weighted by molar-refractivity contribution is 4.89. The standard InChI is InChI=1S/C8H15N3O3/c1-2-14-6-8(13)4-11-3-7(5-12)9-10-11/h3,8,12-13H,2,4-6H2,1H3. The van der Waals surface area contributed by atoms with Crippen LogP contribution in [0.2, 0.25) is 0 Å². The Morgan fingerprint density at radius 3 is 3.00 bits per heavy atom. The zero-order valence-corrected chi connectivity index (χ0v) is 8.13. The van der Waals surface area contributed by atoms with Crippen molar-refractivity contribution in [3.05, 3.63) is 11.9 Å². The van der Waals surface area contributed by atoms with Crippen molar-refractivity contribution in [2.75, 3.05) is 13.2 Å². The SMILES string of the molecule is CCOCC(O)Cn1cc(CO)nn1. The quantitative estimate of drug-likeness (QED) is 0.627. The monoisotopic (exact) mass is 201 g/mol. The zero-order valence-electron chi connectivity index (χ0n) is 8.13. The second kappa shape index (κ2) is 5.69. The smallest absolute Gasteiger partial charge is 0.108 e. The van der Waals surface area contributed by atoms with E-state index in [-0.39, 0.29) is 13.2 Å². The zero-order chi connectivity index (χ0) is 10.4. The van der Waals surface area contributed by atoms with Gasteiger partial charge in [-0.1, -0.05) is 5.21 Å².